The number of aryl methyl sites for hydroxylation is 1. The van der Waals surface area contributed by atoms with Crippen molar-refractivity contribution >= 4 is 34.6 Å². The highest BCUT2D eigenvalue weighted by Gasteiger charge is 2.16. The maximum Gasteiger partial charge on any atom is 0.265 e. The first-order valence-electron chi connectivity index (χ1n) is 8.82. The number of benzene rings is 3. The van der Waals surface area contributed by atoms with Gasteiger partial charge in [-0.1, -0.05) is 29.8 Å². The van der Waals surface area contributed by atoms with Gasteiger partial charge >= 0.3 is 0 Å². The molecule has 0 fully saturated rings. The second kappa shape index (κ2) is 9.15. The quantitative estimate of drug-likeness (QED) is 0.488. The van der Waals surface area contributed by atoms with E-state index in [1.54, 1.807) is 49.4 Å². The fourth-order valence-corrected chi connectivity index (χ4v) is 2.68. The summed E-state index contributed by atoms with van der Waals surface area (Å²) in [6.07, 6.45) is -0.655. The minimum absolute atomic E-state index is 0.243. The van der Waals surface area contributed by atoms with Crippen molar-refractivity contribution in [2.75, 3.05) is 5.32 Å². The second-order valence-corrected chi connectivity index (χ2v) is 6.68. The van der Waals surface area contributed by atoms with Crippen LogP contribution in [0, 0.1) is 6.92 Å². The number of nitrogens with zero attached hydrogens (tertiary/aromatic N) is 2. The van der Waals surface area contributed by atoms with E-state index in [9.17, 15) is 4.79 Å². The Morgan fingerprint density at radius 3 is 2.25 bits per heavy atom. The highest BCUT2D eigenvalue weighted by molar-refractivity contribution is 6.30. The van der Waals surface area contributed by atoms with E-state index in [0.29, 0.717) is 22.1 Å². The molecular weight excluding hydrogens is 374 g/mol. The van der Waals surface area contributed by atoms with Crippen molar-refractivity contribution in [3.05, 3.63) is 83.4 Å². The monoisotopic (exact) mass is 393 g/mol. The Hall–Kier alpha value is -3.18. The van der Waals surface area contributed by atoms with Crippen LogP contribution in [-0.2, 0) is 4.79 Å². The molecule has 1 N–H and O–H groups in total. The Kier molecular flexibility index (Phi) is 6.40. The number of ether oxygens (including phenoxy) is 1. The molecule has 1 unspecified atom stereocenters. The van der Waals surface area contributed by atoms with E-state index < -0.39 is 6.10 Å². The number of carbonyl (C=O) groups excluding carboxylic acids is 1. The molecule has 1 atom stereocenters. The zero-order chi connectivity index (χ0) is 19.9. The van der Waals surface area contributed by atoms with Gasteiger partial charge in [-0.3, -0.25) is 4.79 Å². The van der Waals surface area contributed by atoms with Crippen molar-refractivity contribution in [3.63, 3.8) is 0 Å². The molecule has 0 spiro atoms. The Labute approximate surface area is 169 Å². The van der Waals surface area contributed by atoms with Gasteiger partial charge in [0, 0.05) is 10.7 Å². The van der Waals surface area contributed by atoms with E-state index in [1.165, 1.54) is 0 Å². The molecule has 28 heavy (non-hydrogen) atoms. The molecule has 0 aliphatic rings. The predicted octanol–water partition coefficient (Wildman–Crippen LogP) is 6.47. The number of rotatable bonds is 6. The molecule has 0 aromatic heterocycles. The van der Waals surface area contributed by atoms with Crippen LogP contribution in [0.1, 0.15) is 12.5 Å². The highest BCUT2D eigenvalue weighted by atomic mass is 35.5. The third-order valence-electron chi connectivity index (χ3n) is 3.98. The van der Waals surface area contributed by atoms with Crippen LogP contribution in [0.25, 0.3) is 0 Å². The summed E-state index contributed by atoms with van der Waals surface area (Å²) in [5.74, 6) is 0.386. The van der Waals surface area contributed by atoms with Crippen molar-refractivity contribution in [1.82, 2.24) is 0 Å². The lowest BCUT2D eigenvalue weighted by molar-refractivity contribution is -0.122. The van der Waals surface area contributed by atoms with Gasteiger partial charge in [0.1, 0.15) is 5.75 Å². The molecule has 0 aliphatic heterocycles. The van der Waals surface area contributed by atoms with Crippen LogP contribution in [0.15, 0.2) is 83.0 Å². The summed E-state index contributed by atoms with van der Waals surface area (Å²) in [6, 6.07) is 21.9. The van der Waals surface area contributed by atoms with E-state index in [0.717, 1.165) is 11.3 Å². The third kappa shape index (κ3) is 5.41. The van der Waals surface area contributed by atoms with Gasteiger partial charge in [0.05, 0.1) is 11.4 Å². The Bertz CT molecular complexity index is 973. The molecule has 142 valence electrons. The minimum Gasteiger partial charge on any atom is -0.481 e. The maximum atomic E-state index is 12.4. The number of anilines is 1. The normalized spacial score (nSPS) is 12.0. The summed E-state index contributed by atoms with van der Waals surface area (Å²) in [7, 11) is 0. The first-order chi connectivity index (χ1) is 13.5. The number of azo groups is 1. The molecule has 0 radical (unpaired) electrons. The van der Waals surface area contributed by atoms with Gasteiger partial charge in [0.2, 0.25) is 0 Å². The van der Waals surface area contributed by atoms with Crippen LogP contribution in [-0.4, -0.2) is 12.0 Å². The molecule has 3 aromatic rings. The van der Waals surface area contributed by atoms with Gasteiger partial charge in [-0.2, -0.15) is 10.2 Å². The van der Waals surface area contributed by atoms with Gasteiger partial charge < -0.3 is 10.1 Å². The number of carbonyl (C=O) groups is 1. The third-order valence-corrected chi connectivity index (χ3v) is 4.22. The molecule has 0 saturated heterocycles. The molecule has 5 nitrogen and oxygen atoms in total. The van der Waals surface area contributed by atoms with Crippen molar-refractivity contribution in [2.24, 2.45) is 10.2 Å². The van der Waals surface area contributed by atoms with E-state index in [4.69, 9.17) is 16.3 Å². The maximum absolute atomic E-state index is 12.4. The Balaban J connectivity index is 1.58. The van der Waals surface area contributed by atoms with Gasteiger partial charge in [-0.05, 0) is 74.0 Å². The van der Waals surface area contributed by atoms with Gasteiger partial charge in [-0.25, -0.2) is 0 Å². The zero-order valence-electron chi connectivity index (χ0n) is 15.6. The van der Waals surface area contributed by atoms with Gasteiger partial charge in [0.15, 0.2) is 6.10 Å². The molecule has 3 rings (SSSR count). The van der Waals surface area contributed by atoms with Crippen LogP contribution in [0.2, 0.25) is 5.02 Å². The lowest BCUT2D eigenvalue weighted by atomic mass is 10.2. The van der Waals surface area contributed by atoms with Crippen LogP contribution in [0.5, 0.6) is 5.75 Å². The topological polar surface area (TPSA) is 63.0 Å². The molecular formula is C22H20ClN3O2. The van der Waals surface area contributed by atoms with E-state index in [2.05, 4.69) is 15.5 Å². The van der Waals surface area contributed by atoms with E-state index in [-0.39, 0.29) is 5.91 Å². The molecule has 0 bridgehead atoms. The highest BCUT2D eigenvalue weighted by Crippen LogP contribution is 2.24. The standard InChI is InChI=1S/C22H20ClN3O2/c1-15-14-17(23)8-13-21(15)28-16(2)22(27)24-18-9-11-20(12-10-18)26-25-19-6-4-3-5-7-19/h3-14,16H,1-2H3,(H,24,27). The fraction of sp³-hybridized carbons (Fsp3) is 0.136. The molecule has 0 aliphatic carbocycles. The molecule has 1 amide bonds. The second-order valence-electron chi connectivity index (χ2n) is 6.24. The summed E-state index contributed by atoms with van der Waals surface area (Å²) >= 11 is 5.94. The SMILES string of the molecule is Cc1cc(Cl)ccc1OC(C)C(=O)Nc1ccc(N=Nc2ccccc2)cc1. The van der Waals surface area contributed by atoms with E-state index >= 15 is 0 Å². The number of amides is 1. The smallest absolute Gasteiger partial charge is 0.265 e. The lowest BCUT2D eigenvalue weighted by Gasteiger charge is -2.16. The van der Waals surface area contributed by atoms with Crippen LogP contribution in [0.4, 0.5) is 17.1 Å². The summed E-state index contributed by atoms with van der Waals surface area (Å²) in [5.41, 5.74) is 3.01. The Morgan fingerprint density at radius 1 is 0.964 bits per heavy atom. The average molecular weight is 394 g/mol. The number of hydrogen-bond acceptors (Lipinski definition) is 4. The summed E-state index contributed by atoms with van der Waals surface area (Å²) in [6.45, 7) is 3.58. The van der Waals surface area contributed by atoms with Crippen LogP contribution in [0.3, 0.4) is 0 Å². The average Bonchev–Trinajstić information content (AvgIpc) is 2.70. The Morgan fingerprint density at radius 2 is 1.61 bits per heavy atom. The largest absolute Gasteiger partial charge is 0.481 e. The van der Waals surface area contributed by atoms with Crippen molar-refractivity contribution < 1.29 is 9.53 Å². The minimum atomic E-state index is -0.655. The molecule has 0 heterocycles. The molecule has 6 heteroatoms. The first kappa shape index (κ1) is 19.6. The molecule has 0 saturated carbocycles. The number of hydrogen-bond donors (Lipinski definition) is 1. The van der Waals surface area contributed by atoms with Crippen molar-refractivity contribution in [1.29, 1.82) is 0 Å². The first-order valence-corrected chi connectivity index (χ1v) is 9.19. The number of nitrogens with one attached hydrogen (secondary N) is 1. The van der Waals surface area contributed by atoms with Crippen molar-refractivity contribution in [3.8, 4) is 5.75 Å². The van der Waals surface area contributed by atoms with Crippen LogP contribution >= 0.6 is 11.6 Å². The lowest BCUT2D eigenvalue weighted by Crippen LogP contribution is -2.30. The predicted molar refractivity (Wildman–Crippen MR) is 112 cm³/mol. The number of halogens is 1. The fourth-order valence-electron chi connectivity index (χ4n) is 2.45. The summed E-state index contributed by atoms with van der Waals surface area (Å²) in [4.78, 5) is 12.4. The van der Waals surface area contributed by atoms with Crippen molar-refractivity contribution in [2.45, 2.75) is 20.0 Å². The molecule has 3 aromatic carbocycles. The van der Waals surface area contributed by atoms with E-state index in [1.807, 2.05) is 37.3 Å². The summed E-state index contributed by atoms with van der Waals surface area (Å²) < 4.78 is 5.74. The van der Waals surface area contributed by atoms with Gasteiger partial charge in [0.25, 0.3) is 5.91 Å². The zero-order valence-corrected chi connectivity index (χ0v) is 16.4. The van der Waals surface area contributed by atoms with Crippen LogP contribution < -0.4 is 10.1 Å². The summed E-state index contributed by atoms with van der Waals surface area (Å²) in [5, 5.41) is 11.8. The van der Waals surface area contributed by atoms with Gasteiger partial charge in [-0.15, -0.1) is 0 Å².